The fourth-order valence-corrected chi connectivity index (χ4v) is 1.31. The molecular weight excluding hydrogens is 204 g/mol. The van der Waals surface area contributed by atoms with Crippen LogP contribution in [0.2, 0.25) is 5.02 Å². The van der Waals surface area contributed by atoms with Gasteiger partial charge in [0.25, 0.3) is 5.88 Å². The fourth-order valence-electron chi connectivity index (χ4n) is 1.15. The maximum absolute atomic E-state index is 5.78. The van der Waals surface area contributed by atoms with Crippen LogP contribution in [0.4, 0.5) is 0 Å². The Kier molecular flexibility index (Phi) is 2.56. The highest BCUT2D eigenvalue weighted by molar-refractivity contribution is 6.31. The minimum atomic E-state index is 0.421. The second-order valence-electron chi connectivity index (χ2n) is 2.77. The molecule has 0 amide bonds. The van der Waals surface area contributed by atoms with Crippen LogP contribution < -0.4 is 10.5 Å². The predicted octanol–water partition coefficient (Wildman–Crippen LogP) is 1.82. The van der Waals surface area contributed by atoms with Crippen molar-refractivity contribution in [2.45, 2.75) is 0 Å². The van der Waals surface area contributed by atoms with Crippen LogP contribution in [-0.2, 0) is 0 Å². The van der Waals surface area contributed by atoms with Crippen molar-refractivity contribution in [3.05, 3.63) is 23.2 Å². The topological polar surface area (TPSA) is 61.3 Å². The molecule has 0 bridgehead atoms. The van der Waals surface area contributed by atoms with Crippen LogP contribution in [0.15, 0.2) is 22.7 Å². The Morgan fingerprint density at radius 2 is 2.36 bits per heavy atom. The third kappa shape index (κ3) is 1.66. The summed E-state index contributed by atoms with van der Waals surface area (Å²) >= 11 is 5.78. The first kappa shape index (κ1) is 9.30. The van der Waals surface area contributed by atoms with Gasteiger partial charge in [-0.15, -0.1) is 0 Å². The molecule has 2 N–H and O–H groups in total. The van der Waals surface area contributed by atoms with Crippen LogP contribution in [0.1, 0.15) is 0 Å². The number of fused-ring (bicyclic) bond motifs is 1. The molecule has 0 aliphatic heterocycles. The number of ether oxygens (including phenoxy) is 1. The standard InChI is InChI=1S/C9H9ClN2O2/c10-6-1-2-7-8(5-6)14-12-9(7)13-4-3-11/h1-2,5H,3-4,11H2. The van der Waals surface area contributed by atoms with E-state index in [0.717, 1.165) is 5.39 Å². The molecule has 0 saturated carbocycles. The van der Waals surface area contributed by atoms with Crippen molar-refractivity contribution in [3.63, 3.8) is 0 Å². The molecule has 0 saturated heterocycles. The molecule has 0 unspecified atom stereocenters. The molecular formula is C9H9ClN2O2. The molecule has 0 atom stereocenters. The average Bonchev–Trinajstić information content (AvgIpc) is 2.57. The fraction of sp³-hybridized carbons (Fsp3) is 0.222. The van der Waals surface area contributed by atoms with Crippen molar-refractivity contribution in [2.24, 2.45) is 5.73 Å². The second kappa shape index (κ2) is 3.86. The van der Waals surface area contributed by atoms with Crippen molar-refractivity contribution in [1.29, 1.82) is 0 Å². The zero-order chi connectivity index (χ0) is 9.97. The van der Waals surface area contributed by atoms with Crippen molar-refractivity contribution in [3.8, 4) is 5.88 Å². The summed E-state index contributed by atoms with van der Waals surface area (Å²) < 4.78 is 10.3. The normalized spacial score (nSPS) is 10.7. The average molecular weight is 213 g/mol. The molecule has 74 valence electrons. The molecule has 5 heteroatoms. The molecule has 1 heterocycles. The first-order valence-electron chi connectivity index (χ1n) is 4.19. The van der Waals surface area contributed by atoms with Gasteiger partial charge >= 0.3 is 0 Å². The second-order valence-corrected chi connectivity index (χ2v) is 3.20. The smallest absolute Gasteiger partial charge is 0.262 e. The first-order chi connectivity index (χ1) is 6.81. The van der Waals surface area contributed by atoms with E-state index in [9.17, 15) is 0 Å². The summed E-state index contributed by atoms with van der Waals surface area (Å²) in [5.41, 5.74) is 5.92. The summed E-state index contributed by atoms with van der Waals surface area (Å²) in [6, 6.07) is 5.26. The van der Waals surface area contributed by atoms with Crippen molar-refractivity contribution in [1.82, 2.24) is 5.16 Å². The molecule has 2 rings (SSSR count). The van der Waals surface area contributed by atoms with Gasteiger partial charge < -0.3 is 15.0 Å². The Hall–Kier alpha value is -1.26. The Morgan fingerprint density at radius 3 is 3.14 bits per heavy atom. The first-order valence-corrected chi connectivity index (χ1v) is 4.57. The zero-order valence-corrected chi connectivity index (χ0v) is 8.12. The van der Waals surface area contributed by atoms with Gasteiger partial charge in [0.15, 0.2) is 5.58 Å². The van der Waals surface area contributed by atoms with Crippen LogP contribution in [-0.4, -0.2) is 18.3 Å². The lowest BCUT2D eigenvalue weighted by atomic mass is 10.3. The van der Waals surface area contributed by atoms with E-state index in [1.807, 2.05) is 0 Å². The summed E-state index contributed by atoms with van der Waals surface area (Å²) in [6.07, 6.45) is 0. The van der Waals surface area contributed by atoms with E-state index in [2.05, 4.69) is 5.16 Å². The van der Waals surface area contributed by atoms with Gasteiger partial charge in [0.05, 0.1) is 5.39 Å². The van der Waals surface area contributed by atoms with Gasteiger partial charge in [0.2, 0.25) is 0 Å². The van der Waals surface area contributed by atoms with Crippen LogP contribution in [0.5, 0.6) is 5.88 Å². The molecule has 2 aromatic rings. The molecule has 0 fully saturated rings. The summed E-state index contributed by atoms with van der Waals surface area (Å²) in [6.45, 7) is 0.867. The minimum Gasteiger partial charge on any atom is -0.474 e. The maximum Gasteiger partial charge on any atom is 0.262 e. The van der Waals surface area contributed by atoms with E-state index in [0.29, 0.717) is 29.6 Å². The maximum atomic E-state index is 5.78. The number of aromatic nitrogens is 1. The lowest BCUT2D eigenvalue weighted by Gasteiger charge is -1.98. The highest BCUT2D eigenvalue weighted by Crippen LogP contribution is 2.26. The van der Waals surface area contributed by atoms with Gasteiger partial charge in [-0.3, -0.25) is 0 Å². The highest BCUT2D eigenvalue weighted by Gasteiger charge is 2.08. The SMILES string of the molecule is NCCOc1noc2cc(Cl)ccc12. The molecule has 4 nitrogen and oxygen atoms in total. The molecule has 1 aromatic heterocycles. The van der Waals surface area contributed by atoms with E-state index in [-0.39, 0.29) is 0 Å². The molecule has 1 aromatic carbocycles. The van der Waals surface area contributed by atoms with Crippen LogP contribution in [0, 0.1) is 0 Å². The monoisotopic (exact) mass is 212 g/mol. The van der Waals surface area contributed by atoms with E-state index in [1.54, 1.807) is 18.2 Å². The third-order valence-corrected chi connectivity index (χ3v) is 1.99. The van der Waals surface area contributed by atoms with Gasteiger partial charge in [-0.25, -0.2) is 0 Å². The summed E-state index contributed by atoms with van der Waals surface area (Å²) in [4.78, 5) is 0. The van der Waals surface area contributed by atoms with E-state index < -0.39 is 0 Å². The minimum absolute atomic E-state index is 0.421. The van der Waals surface area contributed by atoms with E-state index in [1.165, 1.54) is 0 Å². The Morgan fingerprint density at radius 1 is 1.50 bits per heavy atom. The molecule has 0 aliphatic rings. The number of hydrogen-bond donors (Lipinski definition) is 1. The lowest BCUT2D eigenvalue weighted by Crippen LogP contribution is -2.10. The number of benzene rings is 1. The number of rotatable bonds is 3. The van der Waals surface area contributed by atoms with Crippen molar-refractivity contribution < 1.29 is 9.26 Å². The predicted molar refractivity (Wildman–Crippen MR) is 53.6 cm³/mol. The van der Waals surface area contributed by atoms with Gasteiger partial charge in [-0.1, -0.05) is 11.6 Å². The van der Waals surface area contributed by atoms with Crippen LogP contribution in [0.3, 0.4) is 0 Å². The van der Waals surface area contributed by atoms with Crippen LogP contribution >= 0.6 is 11.6 Å². The largest absolute Gasteiger partial charge is 0.474 e. The lowest BCUT2D eigenvalue weighted by molar-refractivity contribution is 0.293. The summed E-state index contributed by atoms with van der Waals surface area (Å²) in [5, 5.41) is 5.18. The Labute approximate surface area is 85.6 Å². The van der Waals surface area contributed by atoms with Crippen LogP contribution in [0.25, 0.3) is 11.0 Å². The van der Waals surface area contributed by atoms with Gasteiger partial charge in [0.1, 0.15) is 6.61 Å². The zero-order valence-electron chi connectivity index (χ0n) is 7.37. The number of nitrogens with zero attached hydrogens (tertiary/aromatic N) is 1. The van der Waals surface area contributed by atoms with Gasteiger partial charge in [-0.05, 0) is 17.3 Å². The summed E-state index contributed by atoms with van der Waals surface area (Å²) in [7, 11) is 0. The Balaban J connectivity index is 2.37. The quantitative estimate of drug-likeness (QED) is 0.843. The number of halogens is 1. The molecule has 0 aliphatic carbocycles. The highest BCUT2D eigenvalue weighted by atomic mass is 35.5. The van der Waals surface area contributed by atoms with Gasteiger partial charge in [-0.2, -0.15) is 0 Å². The Bertz CT molecular complexity index is 441. The molecule has 0 radical (unpaired) electrons. The van der Waals surface area contributed by atoms with Crippen molar-refractivity contribution >= 4 is 22.6 Å². The van der Waals surface area contributed by atoms with E-state index in [4.69, 9.17) is 26.6 Å². The molecule has 0 spiro atoms. The number of hydrogen-bond acceptors (Lipinski definition) is 4. The van der Waals surface area contributed by atoms with Crippen molar-refractivity contribution in [2.75, 3.05) is 13.2 Å². The molecule has 14 heavy (non-hydrogen) atoms. The van der Waals surface area contributed by atoms with Gasteiger partial charge in [0, 0.05) is 17.6 Å². The van der Waals surface area contributed by atoms with E-state index >= 15 is 0 Å². The third-order valence-electron chi connectivity index (χ3n) is 1.76. The number of nitrogens with two attached hydrogens (primary N) is 1. The summed E-state index contributed by atoms with van der Waals surface area (Å²) in [5.74, 6) is 0.460.